The zero-order chi connectivity index (χ0) is 41.3. The third-order valence-corrected chi connectivity index (χ3v) is 11.3. The number of nitrogens with one attached hydrogen (secondary N) is 4. The number of hydrogen-bond acceptors (Lipinski definition) is 6. The van der Waals surface area contributed by atoms with Gasteiger partial charge in [0.1, 0.15) is 11.5 Å². The second-order valence-electron chi connectivity index (χ2n) is 15.5. The second kappa shape index (κ2) is 13.9. The number of hydrogen-bond donors (Lipinski definition) is 6. The molecule has 0 unspecified atom stereocenters. The number of H-pyrrole nitrogens is 4. The first-order chi connectivity index (χ1) is 30.4. The van der Waals surface area contributed by atoms with Crippen molar-refractivity contribution in [3.63, 3.8) is 0 Å². The van der Waals surface area contributed by atoms with E-state index < -0.39 is 0 Å². The van der Waals surface area contributed by atoms with E-state index in [4.69, 9.17) is 19.9 Å². The van der Waals surface area contributed by atoms with Gasteiger partial charge in [-0.3, -0.25) is 0 Å². The predicted molar refractivity (Wildman–Crippen MR) is 251 cm³/mol. The van der Waals surface area contributed by atoms with E-state index in [1.165, 1.54) is 0 Å². The number of fused-ring (bicyclic) bond motifs is 16. The van der Waals surface area contributed by atoms with E-state index in [0.29, 0.717) is 44.8 Å². The van der Waals surface area contributed by atoms with Gasteiger partial charge in [0.05, 0.1) is 45.6 Å². The monoisotopic (exact) mass is 802 g/mol. The summed E-state index contributed by atoms with van der Waals surface area (Å²) in [6.45, 7) is 0. The van der Waals surface area contributed by atoms with Crippen molar-refractivity contribution in [2.24, 2.45) is 0 Å². The van der Waals surface area contributed by atoms with Gasteiger partial charge in [0.15, 0.2) is 0 Å². The molecule has 10 nitrogen and oxygen atoms in total. The Hall–Kier alpha value is -8.76. The van der Waals surface area contributed by atoms with Crippen molar-refractivity contribution in [2.75, 3.05) is 0 Å². The van der Waals surface area contributed by atoms with Gasteiger partial charge in [-0.2, -0.15) is 0 Å². The molecule has 294 valence electrons. The molecule has 0 atom stereocenters. The van der Waals surface area contributed by atoms with Gasteiger partial charge in [0.25, 0.3) is 0 Å². The number of para-hydroxylation sites is 2. The van der Waals surface area contributed by atoms with Crippen LogP contribution >= 0.6 is 0 Å². The van der Waals surface area contributed by atoms with Gasteiger partial charge in [-0.05, 0) is 134 Å². The summed E-state index contributed by atoms with van der Waals surface area (Å²) in [6, 6.07) is 39.2. The summed E-state index contributed by atoms with van der Waals surface area (Å²) in [4.78, 5) is 33.7. The minimum atomic E-state index is -0.00268. The predicted octanol–water partition coefficient (Wildman–Crippen LogP) is 12.0. The average molecular weight is 803 g/mol. The maximum Gasteiger partial charge on any atom is 0.131 e. The Balaban J connectivity index is 1.05. The van der Waals surface area contributed by atoms with Crippen LogP contribution in [0.2, 0.25) is 0 Å². The minimum Gasteiger partial charge on any atom is -0.507 e. The average Bonchev–Trinajstić information content (AvgIpc) is 4.11. The fourth-order valence-electron chi connectivity index (χ4n) is 8.51. The van der Waals surface area contributed by atoms with E-state index in [-0.39, 0.29) is 11.5 Å². The lowest BCUT2D eigenvalue weighted by molar-refractivity contribution is 0.471. The molecule has 4 aliphatic rings. The first-order valence-corrected chi connectivity index (χ1v) is 20.2. The van der Waals surface area contributed by atoms with Gasteiger partial charge in [-0.15, -0.1) is 0 Å². The highest BCUT2D eigenvalue weighted by molar-refractivity contribution is 5.99. The van der Waals surface area contributed by atoms with Gasteiger partial charge >= 0.3 is 0 Å². The van der Waals surface area contributed by atoms with E-state index in [1.807, 2.05) is 170 Å². The van der Waals surface area contributed by atoms with E-state index in [1.54, 1.807) is 0 Å². The second-order valence-corrected chi connectivity index (χ2v) is 15.5. The number of rotatable bonds is 3. The van der Waals surface area contributed by atoms with Crippen molar-refractivity contribution in [1.29, 1.82) is 0 Å². The summed E-state index contributed by atoms with van der Waals surface area (Å²) in [5.41, 5.74) is 16.5. The third-order valence-electron chi connectivity index (χ3n) is 11.3. The summed E-state index contributed by atoms with van der Waals surface area (Å²) >= 11 is 0. The van der Waals surface area contributed by atoms with Crippen molar-refractivity contribution in [3.8, 4) is 44.9 Å². The van der Waals surface area contributed by atoms with Gasteiger partial charge < -0.3 is 30.1 Å². The molecule has 0 fully saturated rings. The SMILES string of the molecule is Oc1c(-c2cccc(-c3c4nc(cc5ccc(cc6nc(cc7ccc3[nH]7)C=C6)[nH]5)C=C4)c2O)cccc1-c1c2nc(cc3ccc(cc4nc(cc5ccc1[nH]5)C=C4)[nH]3)C=C2. The molecule has 0 aliphatic carbocycles. The molecule has 10 heterocycles. The zero-order valence-corrected chi connectivity index (χ0v) is 32.8. The molecule has 0 spiro atoms. The van der Waals surface area contributed by atoms with Crippen LogP contribution in [0.4, 0.5) is 0 Å². The standard InChI is InChI=1S/C52H34N8O2/c61-51-41(3-1-5-43(51)49-45-19-15-37(57-45)25-33-11-7-29(53-33)23-30-8-12-34(54-30)26-38-16-20-46(49)58-38)42-4-2-6-44(52(42)62)50-47-21-17-39(59-47)27-35-13-9-31(55-35)24-32-10-14-36(56-32)28-40-18-22-48(50)60-40/h1-28,53,55,58,60-62H. The maximum atomic E-state index is 12.4. The molecular formula is C52H34N8O2. The van der Waals surface area contributed by atoms with Gasteiger partial charge in [0.2, 0.25) is 0 Å². The van der Waals surface area contributed by atoms with Crippen LogP contribution in [0.15, 0.2) is 121 Å². The Labute approximate surface area is 353 Å². The van der Waals surface area contributed by atoms with Crippen LogP contribution in [-0.2, 0) is 0 Å². The van der Waals surface area contributed by atoms with Crippen LogP contribution in [0.1, 0.15) is 45.6 Å². The van der Waals surface area contributed by atoms with Crippen molar-refractivity contribution < 1.29 is 10.2 Å². The number of aromatic amines is 4. The molecule has 62 heavy (non-hydrogen) atoms. The number of benzene rings is 2. The molecule has 0 saturated carbocycles. The van der Waals surface area contributed by atoms with Crippen LogP contribution in [0, 0.1) is 0 Å². The quantitative estimate of drug-likeness (QED) is 0.104. The number of nitrogens with zero attached hydrogens (tertiary/aromatic N) is 4. The topological polar surface area (TPSA) is 155 Å². The van der Waals surface area contributed by atoms with E-state index in [2.05, 4.69) is 19.9 Å². The fourth-order valence-corrected chi connectivity index (χ4v) is 8.51. The molecule has 6 N–H and O–H groups in total. The first-order valence-electron chi connectivity index (χ1n) is 20.2. The maximum absolute atomic E-state index is 12.4. The molecule has 4 aliphatic heterocycles. The Bertz CT molecular complexity index is 3440. The molecule has 0 saturated heterocycles. The Morgan fingerprint density at radius 1 is 0.306 bits per heavy atom. The van der Waals surface area contributed by atoms with Crippen LogP contribution in [-0.4, -0.2) is 50.1 Å². The Morgan fingerprint density at radius 2 is 0.613 bits per heavy atom. The summed E-state index contributed by atoms with van der Waals surface area (Å²) in [5.74, 6) is -0.00536. The lowest BCUT2D eigenvalue weighted by Gasteiger charge is -2.15. The summed E-state index contributed by atoms with van der Waals surface area (Å²) in [6.07, 6.45) is 15.8. The molecule has 2 aromatic carbocycles. The van der Waals surface area contributed by atoms with Crippen LogP contribution < -0.4 is 0 Å². The molecule has 16 bridgehead atoms. The number of phenols is 2. The molecule has 0 amide bonds. The highest BCUT2D eigenvalue weighted by atomic mass is 16.3. The van der Waals surface area contributed by atoms with Crippen molar-refractivity contribution >= 4 is 92.7 Å². The third kappa shape index (κ3) is 6.30. The molecule has 6 aromatic heterocycles. The van der Waals surface area contributed by atoms with Gasteiger partial charge in [-0.1, -0.05) is 36.4 Å². The summed E-state index contributed by atoms with van der Waals surface area (Å²) in [5, 5.41) is 24.8. The molecule has 0 radical (unpaired) electrons. The Morgan fingerprint density at radius 3 is 1.00 bits per heavy atom. The molecule has 8 aromatic rings. The zero-order valence-electron chi connectivity index (χ0n) is 32.8. The lowest BCUT2D eigenvalue weighted by atomic mass is 9.93. The van der Waals surface area contributed by atoms with E-state index in [9.17, 15) is 10.2 Å². The van der Waals surface area contributed by atoms with Crippen LogP contribution in [0.25, 0.3) is 126 Å². The number of aromatic nitrogens is 8. The molecule has 10 heteroatoms. The van der Waals surface area contributed by atoms with Crippen molar-refractivity contribution in [3.05, 3.63) is 167 Å². The largest absolute Gasteiger partial charge is 0.507 e. The number of aromatic hydroxyl groups is 2. The lowest BCUT2D eigenvalue weighted by Crippen LogP contribution is -1.91. The van der Waals surface area contributed by atoms with Gasteiger partial charge in [-0.25, -0.2) is 19.9 Å². The van der Waals surface area contributed by atoms with Crippen molar-refractivity contribution in [2.45, 2.75) is 0 Å². The smallest absolute Gasteiger partial charge is 0.131 e. The summed E-state index contributed by atoms with van der Waals surface area (Å²) < 4.78 is 0. The normalized spacial score (nSPS) is 12.7. The highest BCUT2D eigenvalue weighted by Gasteiger charge is 2.22. The fraction of sp³-hybridized carbons (Fsp3) is 0. The molecule has 12 rings (SSSR count). The summed E-state index contributed by atoms with van der Waals surface area (Å²) in [7, 11) is 0. The highest BCUT2D eigenvalue weighted by Crippen LogP contribution is 2.47. The Kier molecular flexibility index (Phi) is 7.91. The minimum absolute atomic E-state index is 0.00268. The van der Waals surface area contributed by atoms with Crippen LogP contribution in [0.3, 0.4) is 0 Å². The molecular weight excluding hydrogens is 769 g/mol. The van der Waals surface area contributed by atoms with E-state index in [0.717, 1.165) is 78.3 Å². The van der Waals surface area contributed by atoms with Crippen LogP contribution in [0.5, 0.6) is 11.5 Å². The van der Waals surface area contributed by atoms with Crippen molar-refractivity contribution in [1.82, 2.24) is 39.9 Å². The van der Waals surface area contributed by atoms with E-state index >= 15 is 0 Å². The first kappa shape index (κ1) is 35.2. The van der Waals surface area contributed by atoms with Gasteiger partial charge in [0, 0.05) is 77.5 Å². The number of phenolic OH excluding ortho intramolecular Hbond substituents is 2.